The maximum Gasteiger partial charge on any atom is 0.282 e. The Kier molecular flexibility index (Phi) is 3.89. The summed E-state index contributed by atoms with van der Waals surface area (Å²) in [6.45, 7) is 1.90. The van der Waals surface area contributed by atoms with Gasteiger partial charge in [0.25, 0.3) is 5.89 Å². The van der Waals surface area contributed by atoms with Crippen LogP contribution in [0.25, 0.3) is 28.7 Å². The topological polar surface area (TPSA) is 95.6 Å². The van der Waals surface area contributed by atoms with Gasteiger partial charge in [-0.3, -0.25) is 0 Å². The third-order valence-electron chi connectivity index (χ3n) is 3.85. The molecule has 26 heavy (non-hydrogen) atoms. The Bertz CT molecular complexity index is 1110. The van der Waals surface area contributed by atoms with Gasteiger partial charge in [-0.15, -0.1) is 5.10 Å². The highest BCUT2D eigenvalue weighted by Gasteiger charge is 2.21. The first-order valence-electron chi connectivity index (χ1n) is 7.61. The van der Waals surface area contributed by atoms with Crippen LogP contribution in [-0.4, -0.2) is 25.1 Å². The molecule has 0 saturated carbocycles. The number of rotatable bonds is 3. The minimum Gasteiger partial charge on any atom is -0.382 e. The lowest BCUT2D eigenvalue weighted by Gasteiger charge is -2.07. The number of hydrogen-bond donors (Lipinski definition) is 1. The van der Waals surface area contributed by atoms with Gasteiger partial charge in [-0.1, -0.05) is 40.2 Å². The van der Waals surface area contributed by atoms with Crippen molar-refractivity contribution in [3.05, 3.63) is 58.9 Å². The summed E-state index contributed by atoms with van der Waals surface area (Å²) in [7, 11) is 0. The second-order valence-corrected chi connectivity index (χ2v) is 6.01. The van der Waals surface area contributed by atoms with Crippen LogP contribution < -0.4 is 5.73 Å². The maximum atomic E-state index is 13.9. The number of nitrogens with zero attached hydrogens (tertiary/aromatic N) is 5. The summed E-state index contributed by atoms with van der Waals surface area (Å²) in [6, 6.07) is 11.5. The van der Waals surface area contributed by atoms with E-state index < -0.39 is 5.82 Å². The van der Waals surface area contributed by atoms with E-state index in [2.05, 4.69) is 20.5 Å². The molecule has 0 aliphatic heterocycles. The number of halogens is 2. The number of anilines is 1. The van der Waals surface area contributed by atoms with Crippen LogP contribution in [0, 0.1) is 12.7 Å². The number of aromatic nitrogens is 5. The van der Waals surface area contributed by atoms with Crippen molar-refractivity contribution in [3.8, 4) is 28.7 Å². The standard InChI is InChI=1S/C17H12ClFN6O/c1-9-6-7-10(18)8-13(9)25-15(20)14(22-24-25)17-21-16(23-26-17)11-4-2-3-5-12(11)19/h2-8H,20H2,1H3. The molecule has 9 heteroatoms. The molecule has 0 amide bonds. The third-order valence-corrected chi connectivity index (χ3v) is 4.08. The molecular formula is C17H12ClFN6O. The molecule has 0 radical (unpaired) electrons. The summed E-state index contributed by atoms with van der Waals surface area (Å²) in [6.07, 6.45) is 0. The van der Waals surface area contributed by atoms with Gasteiger partial charge in [-0.05, 0) is 36.8 Å². The lowest BCUT2D eigenvalue weighted by molar-refractivity contribution is 0.430. The van der Waals surface area contributed by atoms with Crippen molar-refractivity contribution in [2.75, 3.05) is 5.73 Å². The number of benzene rings is 2. The predicted molar refractivity (Wildman–Crippen MR) is 94.2 cm³/mol. The molecule has 0 fully saturated rings. The van der Waals surface area contributed by atoms with Crippen molar-refractivity contribution in [1.82, 2.24) is 25.1 Å². The van der Waals surface area contributed by atoms with Crippen LogP contribution in [-0.2, 0) is 0 Å². The first kappa shape index (κ1) is 16.2. The second kappa shape index (κ2) is 6.23. The van der Waals surface area contributed by atoms with Crippen LogP contribution >= 0.6 is 11.6 Å². The molecular weight excluding hydrogens is 359 g/mol. The zero-order valence-electron chi connectivity index (χ0n) is 13.5. The van der Waals surface area contributed by atoms with E-state index in [0.29, 0.717) is 10.7 Å². The monoisotopic (exact) mass is 370 g/mol. The van der Waals surface area contributed by atoms with E-state index in [1.54, 1.807) is 30.3 Å². The van der Waals surface area contributed by atoms with E-state index in [1.165, 1.54) is 10.7 Å². The Hall–Kier alpha value is -3.26. The Labute approximate surface area is 152 Å². The van der Waals surface area contributed by atoms with E-state index in [4.69, 9.17) is 21.9 Å². The molecule has 4 aromatic rings. The minimum absolute atomic E-state index is 0.0479. The fourth-order valence-corrected chi connectivity index (χ4v) is 2.67. The summed E-state index contributed by atoms with van der Waals surface area (Å²) < 4.78 is 20.5. The van der Waals surface area contributed by atoms with Gasteiger partial charge >= 0.3 is 0 Å². The van der Waals surface area contributed by atoms with Gasteiger partial charge < -0.3 is 10.3 Å². The minimum atomic E-state index is -0.453. The Morgan fingerprint density at radius 1 is 1.19 bits per heavy atom. The fourth-order valence-electron chi connectivity index (χ4n) is 2.50. The normalized spacial score (nSPS) is 11.0. The lowest BCUT2D eigenvalue weighted by atomic mass is 10.2. The summed E-state index contributed by atoms with van der Waals surface area (Å²) >= 11 is 6.05. The smallest absolute Gasteiger partial charge is 0.282 e. The number of nitrogen functional groups attached to an aromatic ring is 1. The van der Waals surface area contributed by atoms with E-state index in [0.717, 1.165) is 5.56 Å². The number of nitrogens with two attached hydrogens (primary N) is 1. The molecule has 2 N–H and O–H groups in total. The van der Waals surface area contributed by atoms with Gasteiger partial charge in [0.1, 0.15) is 5.82 Å². The van der Waals surface area contributed by atoms with Crippen molar-refractivity contribution in [1.29, 1.82) is 0 Å². The molecule has 2 aromatic heterocycles. The Morgan fingerprint density at radius 3 is 2.81 bits per heavy atom. The summed E-state index contributed by atoms with van der Waals surface area (Å²) in [5.41, 5.74) is 8.18. The van der Waals surface area contributed by atoms with Crippen molar-refractivity contribution in [3.63, 3.8) is 0 Å². The van der Waals surface area contributed by atoms with Crippen molar-refractivity contribution >= 4 is 17.4 Å². The van der Waals surface area contributed by atoms with Crippen LogP contribution in [0.2, 0.25) is 5.02 Å². The number of hydrogen-bond acceptors (Lipinski definition) is 6. The van der Waals surface area contributed by atoms with E-state index in [-0.39, 0.29) is 28.8 Å². The van der Waals surface area contributed by atoms with Gasteiger partial charge in [0, 0.05) is 5.02 Å². The average Bonchev–Trinajstić information content (AvgIpc) is 3.24. The van der Waals surface area contributed by atoms with Crippen molar-refractivity contribution in [2.24, 2.45) is 0 Å². The lowest BCUT2D eigenvalue weighted by Crippen LogP contribution is -2.04. The fraction of sp³-hybridized carbons (Fsp3) is 0.0588. The average molecular weight is 371 g/mol. The highest BCUT2D eigenvalue weighted by molar-refractivity contribution is 6.30. The van der Waals surface area contributed by atoms with Crippen molar-refractivity contribution in [2.45, 2.75) is 6.92 Å². The maximum absolute atomic E-state index is 13.9. The summed E-state index contributed by atoms with van der Waals surface area (Å²) in [4.78, 5) is 4.18. The largest absolute Gasteiger partial charge is 0.382 e. The van der Waals surface area contributed by atoms with E-state index >= 15 is 0 Å². The first-order chi connectivity index (χ1) is 12.5. The third kappa shape index (κ3) is 2.70. The highest BCUT2D eigenvalue weighted by atomic mass is 35.5. The summed E-state index contributed by atoms with van der Waals surface area (Å²) in [5, 5.41) is 12.4. The zero-order chi connectivity index (χ0) is 18.3. The molecule has 0 atom stereocenters. The van der Waals surface area contributed by atoms with Crippen LogP contribution in [0.15, 0.2) is 47.0 Å². The molecule has 0 bridgehead atoms. The van der Waals surface area contributed by atoms with Crippen LogP contribution in [0.5, 0.6) is 0 Å². The molecule has 0 unspecified atom stereocenters. The van der Waals surface area contributed by atoms with Crippen LogP contribution in [0.4, 0.5) is 10.2 Å². The van der Waals surface area contributed by atoms with E-state index in [9.17, 15) is 4.39 Å². The molecule has 2 aromatic carbocycles. The second-order valence-electron chi connectivity index (χ2n) is 5.57. The molecule has 4 rings (SSSR count). The highest BCUT2D eigenvalue weighted by Crippen LogP contribution is 2.28. The molecule has 0 saturated heterocycles. The molecule has 2 heterocycles. The number of aryl methyl sites for hydroxylation is 1. The molecule has 0 aliphatic rings. The quantitative estimate of drug-likeness (QED) is 0.591. The van der Waals surface area contributed by atoms with Crippen LogP contribution in [0.3, 0.4) is 0 Å². The molecule has 7 nitrogen and oxygen atoms in total. The van der Waals surface area contributed by atoms with Gasteiger partial charge in [-0.2, -0.15) is 9.67 Å². The summed E-state index contributed by atoms with van der Waals surface area (Å²) in [5.74, 6) is -0.0946. The van der Waals surface area contributed by atoms with Gasteiger partial charge in [0.2, 0.25) is 5.82 Å². The van der Waals surface area contributed by atoms with Crippen molar-refractivity contribution < 1.29 is 8.91 Å². The Balaban J connectivity index is 1.76. The Morgan fingerprint density at radius 2 is 2.00 bits per heavy atom. The predicted octanol–water partition coefficient (Wildman–Crippen LogP) is 3.67. The van der Waals surface area contributed by atoms with E-state index in [1.807, 2.05) is 13.0 Å². The van der Waals surface area contributed by atoms with Crippen LogP contribution in [0.1, 0.15) is 5.56 Å². The van der Waals surface area contributed by atoms with Gasteiger partial charge in [0.05, 0.1) is 11.3 Å². The first-order valence-corrected chi connectivity index (χ1v) is 7.99. The zero-order valence-corrected chi connectivity index (χ0v) is 14.3. The molecule has 0 spiro atoms. The SMILES string of the molecule is Cc1ccc(Cl)cc1-n1nnc(-c2nc(-c3ccccc3F)no2)c1N. The molecule has 130 valence electrons. The van der Waals surface area contributed by atoms with Gasteiger partial charge in [0.15, 0.2) is 11.5 Å². The van der Waals surface area contributed by atoms with Gasteiger partial charge in [-0.25, -0.2) is 4.39 Å². The molecule has 0 aliphatic carbocycles.